The third-order valence-corrected chi connectivity index (χ3v) is 15.4. The monoisotopic (exact) mass is 729 g/mol. The van der Waals surface area contributed by atoms with Crippen LogP contribution in [-0.4, -0.2) is 27.9 Å². The summed E-state index contributed by atoms with van der Waals surface area (Å²) in [5.41, 5.74) is 2.49. The van der Waals surface area contributed by atoms with E-state index in [-0.39, 0.29) is 22.9 Å². The topological polar surface area (TPSA) is 89.6 Å². The Morgan fingerprint density at radius 2 is 1.73 bits per heavy atom. The molecule has 5 aliphatic rings. The maximum Gasteiger partial charge on any atom is 0.309 e. The van der Waals surface area contributed by atoms with E-state index < -0.39 is 16.8 Å². The molecule has 1 N–H and O–H groups in total. The highest BCUT2D eigenvalue weighted by atomic mass is 35.5. The molecule has 0 spiro atoms. The first-order chi connectivity index (χ1) is 24.6. The second-order valence-corrected chi connectivity index (χ2v) is 19.2. The van der Waals surface area contributed by atoms with Gasteiger partial charge in [-0.1, -0.05) is 53.1 Å². The summed E-state index contributed by atoms with van der Waals surface area (Å²) in [6.45, 7) is 17.7. The molecule has 282 valence electrons. The van der Waals surface area contributed by atoms with Crippen LogP contribution in [0.15, 0.2) is 57.9 Å². The van der Waals surface area contributed by atoms with E-state index in [2.05, 4.69) is 47.6 Å². The van der Waals surface area contributed by atoms with Crippen molar-refractivity contribution in [3.63, 3.8) is 0 Å². The van der Waals surface area contributed by atoms with Crippen LogP contribution in [0.4, 0.5) is 0 Å². The lowest BCUT2D eigenvalue weighted by molar-refractivity contribution is -0.180. The van der Waals surface area contributed by atoms with Crippen molar-refractivity contribution in [3.05, 3.63) is 64.2 Å². The number of allylic oxidation sites excluding steroid dienone is 4. The van der Waals surface area contributed by atoms with Crippen molar-refractivity contribution in [1.29, 1.82) is 0 Å². The number of aromatic nitrogens is 1. The molecule has 4 saturated carbocycles. The minimum Gasteiger partial charge on any atom is -0.495 e. The molecule has 1 heterocycles. The molecule has 9 atom stereocenters. The second kappa shape index (κ2) is 13.5. The number of carboxylic acids is 1. The molecule has 6 nitrogen and oxygen atoms in total. The van der Waals surface area contributed by atoms with E-state index in [0.717, 1.165) is 61.2 Å². The van der Waals surface area contributed by atoms with Crippen molar-refractivity contribution >= 4 is 23.4 Å². The standard InChI is InChI=1S/C45H60ClNO5/c1-9-10-30(23-42(5,6)41(49)50)51-35-19-21-43(7)32(27(35)4)17-20-44(8)33-18-22-45(37-25-47-40(52-37)28-11-13-29(46)14-12-28)24-34(48)38(26(2)3)39(45)31(33)15-16-36(43)44/h10-14,25-27,31-33,35-36H,9,15-24H2,1-8H3,(H,49,50). The number of Topliss-reactive ketones (excluding diaryl/α,β-unsaturated/α-hetero) is 1. The van der Waals surface area contributed by atoms with Gasteiger partial charge in [-0.15, -0.1) is 0 Å². The Bertz CT molecular complexity index is 1770. The maximum atomic E-state index is 14.1. The van der Waals surface area contributed by atoms with Gasteiger partial charge in [0.2, 0.25) is 5.89 Å². The van der Waals surface area contributed by atoms with Crippen molar-refractivity contribution in [2.75, 3.05) is 0 Å². The van der Waals surface area contributed by atoms with E-state index >= 15 is 0 Å². The molecule has 5 aliphatic carbocycles. The number of hydrogen-bond donors (Lipinski definition) is 1. The zero-order chi connectivity index (χ0) is 37.4. The fourth-order valence-corrected chi connectivity index (χ4v) is 12.8. The number of carboxylic acid groups (broad SMARTS) is 1. The maximum absolute atomic E-state index is 14.1. The second-order valence-electron chi connectivity index (χ2n) is 18.7. The average molecular weight is 730 g/mol. The number of halogens is 1. The minimum absolute atomic E-state index is 0.111. The van der Waals surface area contributed by atoms with Crippen molar-refractivity contribution < 1.29 is 23.8 Å². The number of fused-ring (bicyclic) bond motifs is 7. The molecule has 9 unspecified atom stereocenters. The van der Waals surface area contributed by atoms with Crippen LogP contribution in [0, 0.1) is 51.8 Å². The number of rotatable bonds is 9. The Hall–Kier alpha value is -2.86. The predicted octanol–water partition coefficient (Wildman–Crippen LogP) is 11.6. The number of ketones is 1. The Morgan fingerprint density at radius 1 is 1.06 bits per heavy atom. The fraction of sp³-hybridized carbons (Fsp3) is 0.667. The molecule has 0 aliphatic heterocycles. The predicted molar refractivity (Wildman–Crippen MR) is 206 cm³/mol. The van der Waals surface area contributed by atoms with E-state index in [9.17, 15) is 14.7 Å². The lowest BCUT2D eigenvalue weighted by Gasteiger charge is -2.67. The Balaban J connectivity index is 1.16. The van der Waals surface area contributed by atoms with Gasteiger partial charge in [-0.25, -0.2) is 4.98 Å². The normalized spacial score (nSPS) is 36.3. The van der Waals surface area contributed by atoms with Crippen LogP contribution in [0.2, 0.25) is 5.02 Å². The average Bonchev–Trinajstić information content (AvgIpc) is 3.70. The van der Waals surface area contributed by atoms with E-state index in [1.807, 2.05) is 30.5 Å². The molecule has 7 heteroatoms. The van der Waals surface area contributed by atoms with Gasteiger partial charge in [0.1, 0.15) is 11.9 Å². The molecule has 1 aromatic carbocycles. The van der Waals surface area contributed by atoms with Gasteiger partial charge in [-0.05, 0) is 159 Å². The molecule has 1 aromatic heterocycles. The number of aliphatic carboxylic acids is 1. The number of ether oxygens (including phenoxy) is 1. The zero-order valence-electron chi connectivity index (χ0n) is 32.7. The largest absolute Gasteiger partial charge is 0.495 e. The minimum atomic E-state index is -0.864. The summed E-state index contributed by atoms with van der Waals surface area (Å²) in [5, 5.41) is 10.5. The van der Waals surface area contributed by atoms with Crippen molar-refractivity contribution in [3.8, 4) is 11.5 Å². The number of hydrogen-bond acceptors (Lipinski definition) is 5. The Labute approximate surface area is 316 Å². The molecule has 0 radical (unpaired) electrons. The summed E-state index contributed by atoms with van der Waals surface area (Å²) in [6.07, 6.45) is 14.7. The number of carbonyl (C=O) groups is 2. The fourth-order valence-electron chi connectivity index (χ4n) is 12.7. The van der Waals surface area contributed by atoms with Crippen LogP contribution < -0.4 is 0 Å². The lowest BCUT2D eigenvalue weighted by atomic mass is 9.38. The van der Waals surface area contributed by atoms with Crippen molar-refractivity contribution in [2.45, 2.75) is 138 Å². The van der Waals surface area contributed by atoms with Gasteiger partial charge < -0.3 is 14.3 Å². The summed E-state index contributed by atoms with van der Waals surface area (Å²) >= 11 is 6.18. The lowest BCUT2D eigenvalue weighted by Crippen LogP contribution is -2.60. The number of nitrogens with zero attached hydrogens (tertiary/aromatic N) is 1. The first-order valence-corrected chi connectivity index (χ1v) is 20.5. The molecular formula is C45H60ClNO5. The molecule has 52 heavy (non-hydrogen) atoms. The van der Waals surface area contributed by atoms with Gasteiger partial charge in [0.15, 0.2) is 5.78 Å². The number of benzene rings is 1. The molecule has 0 bridgehead atoms. The quantitative estimate of drug-likeness (QED) is 0.258. The van der Waals surface area contributed by atoms with Gasteiger partial charge >= 0.3 is 5.97 Å². The highest BCUT2D eigenvalue weighted by Gasteiger charge is 2.65. The van der Waals surface area contributed by atoms with Gasteiger partial charge in [0.05, 0.1) is 22.8 Å². The molecule has 2 aromatic rings. The summed E-state index contributed by atoms with van der Waals surface area (Å²) in [7, 11) is 0. The molecule has 7 rings (SSSR count). The Kier molecular flexibility index (Phi) is 9.70. The SMILES string of the molecule is CCC=C(CC(C)(C)C(=O)O)OC1CCC2(C)C(CCC3(C)C4CCC5(c6cnc(-c7ccc(Cl)cc7)o6)CC(=O)C(C(C)C)=C5C4CCC32)C1C. The van der Waals surface area contributed by atoms with Crippen LogP contribution >= 0.6 is 11.6 Å². The van der Waals surface area contributed by atoms with Crippen molar-refractivity contribution in [2.24, 2.45) is 51.8 Å². The number of carbonyl (C=O) groups excluding carboxylic acids is 1. The van der Waals surface area contributed by atoms with E-state index in [1.165, 1.54) is 24.8 Å². The first-order valence-electron chi connectivity index (χ1n) is 20.1. The van der Waals surface area contributed by atoms with Crippen LogP contribution in [0.3, 0.4) is 0 Å². The smallest absolute Gasteiger partial charge is 0.309 e. The Morgan fingerprint density at radius 3 is 2.40 bits per heavy atom. The highest BCUT2D eigenvalue weighted by Crippen LogP contribution is 2.72. The van der Waals surface area contributed by atoms with Crippen molar-refractivity contribution in [1.82, 2.24) is 4.98 Å². The van der Waals surface area contributed by atoms with Crippen LogP contribution in [0.1, 0.15) is 132 Å². The molecule has 0 saturated heterocycles. The van der Waals surface area contributed by atoms with Gasteiger partial charge in [-0.2, -0.15) is 0 Å². The van der Waals surface area contributed by atoms with Crippen LogP contribution in [0.25, 0.3) is 11.5 Å². The van der Waals surface area contributed by atoms with Gasteiger partial charge in [0.25, 0.3) is 0 Å². The first kappa shape index (κ1) is 37.5. The zero-order valence-corrected chi connectivity index (χ0v) is 33.4. The van der Waals surface area contributed by atoms with E-state index in [4.69, 9.17) is 25.7 Å². The van der Waals surface area contributed by atoms with E-state index in [1.54, 1.807) is 13.8 Å². The summed E-state index contributed by atoms with van der Waals surface area (Å²) in [5.74, 6) is 4.47. The summed E-state index contributed by atoms with van der Waals surface area (Å²) in [6, 6.07) is 7.63. The van der Waals surface area contributed by atoms with E-state index in [0.29, 0.717) is 59.1 Å². The van der Waals surface area contributed by atoms with Crippen LogP contribution in [0.5, 0.6) is 0 Å². The van der Waals surface area contributed by atoms with Gasteiger partial charge in [0, 0.05) is 23.4 Å². The summed E-state index contributed by atoms with van der Waals surface area (Å²) < 4.78 is 13.4. The highest BCUT2D eigenvalue weighted by molar-refractivity contribution is 6.30. The third kappa shape index (κ3) is 5.93. The molecule has 0 amide bonds. The number of oxazole rings is 1. The van der Waals surface area contributed by atoms with Gasteiger partial charge in [-0.3, -0.25) is 9.59 Å². The molecular weight excluding hydrogens is 670 g/mol. The summed E-state index contributed by atoms with van der Waals surface area (Å²) in [4.78, 5) is 30.8. The third-order valence-electron chi connectivity index (χ3n) is 15.1. The van der Waals surface area contributed by atoms with Crippen LogP contribution in [-0.2, 0) is 19.7 Å². The molecule has 4 fully saturated rings.